The molecule has 0 aliphatic carbocycles. The summed E-state index contributed by atoms with van der Waals surface area (Å²) in [6.07, 6.45) is 5.32. The predicted octanol–water partition coefficient (Wildman–Crippen LogP) is 8.41. The van der Waals surface area contributed by atoms with Crippen molar-refractivity contribution in [3.05, 3.63) is 89.1 Å². The second-order valence-corrected chi connectivity index (χ2v) is 10.0. The number of aromatic nitrogens is 2. The maximum atomic E-state index is 9.81. The summed E-state index contributed by atoms with van der Waals surface area (Å²) >= 11 is 6.47. The fourth-order valence-corrected chi connectivity index (χ4v) is 5.03. The number of phenols is 1. The van der Waals surface area contributed by atoms with E-state index in [-0.39, 0.29) is 11.8 Å². The lowest BCUT2D eigenvalue weighted by Crippen LogP contribution is -2.25. The highest BCUT2D eigenvalue weighted by molar-refractivity contribution is 6.31. The molecule has 0 aliphatic heterocycles. The first-order valence-electron chi connectivity index (χ1n) is 13.6. The van der Waals surface area contributed by atoms with Crippen molar-refractivity contribution in [1.29, 1.82) is 0 Å². The number of unbranched alkanes of at least 4 members (excludes halogenated alkanes) is 2. The molecule has 4 aromatic rings. The summed E-state index contributed by atoms with van der Waals surface area (Å²) in [4.78, 5) is 5.30. The highest BCUT2D eigenvalue weighted by Gasteiger charge is 2.26. The summed E-state index contributed by atoms with van der Waals surface area (Å²) in [7, 11) is 1.69. The molecule has 1 heterocycles. The quantitative estimate of drug-likeness (QED) is 0.182. The Hall–Kier alpha value is -3.28. The number of aromatic hydroxyl groups is 1. The van der Waals surface area contributed by atoms with Gasteiger partial charge in [0.15, 0.2) is 0 Å². The minimum Gasteiger partial charge on any atom is -0.508 e. The van der Waals surface area contributed by atoms with Crippen LogP contribution in [0.15, 0.2) is 72.8 Å². The van der Waals surface area contributed by atoms with E-state index < -0.39 is 0 Å². The first-order valence-corrected chi connectivity index (χ1v) is 13.9. The number of rotatable bonds is 13. The average Bonchev–Trinajstić information content (AvgIpc) is 3.32. The van der Waals surface area contributed by atoms with E-state index in [1.807, 2.05) is 24.3 Å². The Morgan fingerprint density at radius 1 is 0.947 bits per heavy atom. The first kappa shape index (κ1) is 27.7. The fraction of sp³-hybridized carbons (Fsp3) is 0.344. The van der Waals surface area contributed by atoms with Gasteiger partial charge < -0.3 is 19.7 Å². The predicted molar refractivity (Wildman–Crippen MR) is 157 cm³/mol. The zero-order valence-electron chi connectivity index (χ0n) is 22.6. The number of imidazole rings is 1. The molecule has 0 fully saturated rings. The smallest absolute Gasteiger partial charge is 0.140 e. The Balaban J connectivity index is 1.85. The average molecular weight is 532 g/mol. The summed E-state index contributed by atoms with van der Waals surface area (Å²) in [5.41, 5.74) is 5.33. The molecule has 0 radical (unpaired) electrons. The minimum atomic E-state index is 0.0683. The first-order chi connectivity index (χ1) is 18.5. The lowest BCUT2D eigenvalue weighted by atomic mass is 10.00. The Morgan fingerprint density at radius 2 is 1.68 bits per heavy atom. The normalized spacial score (nSPS) is 12.0. The molecule has 4 rings (SSSR count). The van der Waals surface area contributed by atoms with Gasteiger partial charge in [-0.25, -0.2) is 4.98 Å². The molecule has 38 heavy (non-hydrogen) atoms. The molecule has 0 aliphatic rings. The molecule has 1 atom stereocenters. The van der Waals surface area contributed by atoms with Crippen LogP contribution in [0.3, 0.4) is 0 Å². The number of ether oxygens (including phenoxy) is 1. The third kappa shape index (κ3) is 6.58. The molecule has 3 aromatic carbocycles. The van der Waals surface area contributed by atoms with E-state index in [0.29, 0.717) is 11.6 Å². The van der Waals surface area contributed by atoms with Crippen LogP contribution in [0.1, 0.15) is 63.3 Å². The van der Waals surface area contributed by atoms with Gasteiger partial charge in [-0.2, -0.15) is 0 Å². The van der Waals surface area contributed by atoms with E-state index in [1.165, 1.54) is 5.69 Å². The van der Waals surface area contributed by atoms with E-state index in [9.17, 15) is 5.11 Å². The SMILES string of the molecule is CCCCC(NCc1ccc(O)cc1Cl)c1c(-c2ccc(OC)cc2)nc(-c2ccccc2)n1CCCC. The van der Waals surface area contributed by atoms with Crippen molar-refractivity contribution in [3.63, 3.8) is 0 Å². The molecule has 0 bridgehead atoms. The number of benzene rings is 3. The van der Waals surface area contributed by atoms with E-state index in [0.717, 1.165) is 72.6 Å². The molecule has 0 spiro atoms. The highest BCUT2D eigenvalue weighted by Crippen LogP contribution is 2.36. The van der Waals surface area contributed by atoms with Crippen LogP contribution in [0.25, 0.3) is 22.6 Å². The van der Waals surface area contributed by atoms with Gasteiger partial charge in [-0.3, -0.25) is 0 Å². The van der Waals surface area contributed by atoms with Crippen molar-refractivity contribution in [2.75, 3.05) is 7.11 Å². The van der Waals surface area contributed by atoms with Crippen LogP contribution in [0.2, 0.25) is 5.02 Å². The van der Waals surface area contributed by atoms with Crippen molar-refractivity contribution in [3.8, 4) is 34.1 Å². The topological polar surface area (TPSA) is 59.3 Å². The minimum absolute atomic E-state index is 0.0683. The maximum Gasteiger partial charge on any atom is 0.140 e. The second-order valence-electron chi connectivity index (χ2n) is 9.62. The molecular formula is C32H38ClN3O2. The number of methoxy groups -OCH3 is 1. The molecule has 1 aromatic heterocycles. The standard InChI is InChI=1S/C32H38ClN3O2/c1-4-6-13-29(34-22-25-14-17-26(37)21-28(25)33)31-30(23-15-18-27(38-3)19-16-23)35-32(36(31)20-7-5-2)24-11-9-8-10-12-24/h8-12,14-19,21,29,34,37H,4-7,13,20,22H2,1-3H3. The van der Waals surface area contributed by atoms with Crippen molar-refractivity contribution in [2.24, 2.45) is 0 Å². The lowest BCUT2D eigenvalue weighted by Gasteiger charge is -2.23. The summed E-state index contributed by atoms with van der Waals surface area (Å²) in [6.45, 7) is 5.93. The molecule has 0 saturated heterocycles. The van der Waals surface area contributed by atoms with E-state index >= 15 is 0 Å². The van der Waals surface area contributed by atoms with Crippen LogP contribution < -0.4 is 10.1 Å². The molecule has 0 saturated carbocycles. The van der Waals surface area contributed by atoms with Gasteiger partial charge in [0.25, 0.3) is 0 Å². The Bertz CT molecular complexity index is 1300. The van der Waals surface area contributed by atoms with Gasteiger partial charge >= 0.3 is 0 Å². The molecule has 6 heteroatoms. The summed E-state index contributed by atoms with van der Waals surface area (Å²) < 4.78 is 7.85. The van der Waals surface area contributed by atoms with Crippen LogP contribution in [-0.2, 0) is 13.1 Å². The Kier molecular flexibility index (Phi) is 9.85. The number of halogens is 1. The Labute approximate surface area is 231 Å². The van der Waals surface area contributed by atoms with Gasteiger partial charge in [-0.05, 0) is 54.8 Å². The van der Waals surface area contributed by atoms with E-state index in [2.05, 4.69) is 60.1 Å². The molecule has 5 nitrogen and oxygen atoms in total. The van der Waals surface area contributed by atoms with Gasteiger partial charge in [-0.1, -0.05) is 81.1 Å². The third-order valence-corrected chi connectivity index (χ3v) is 7.24. The van der Waals surface area contributed by atoms with Gasteiger partial charge in [0, 0.05) is 29.2 Å². The van der Waals surface area contributed by atoms with Crippen LogP contribution in [0.5, 0.6) is 11.5 Å². The van der Waals surface area contributed by atoms with Gasteiger partial charge in [-0.15, -0.1) is 0 Å². The van der Waals surface area contributed by atoms with Crippen molar-refractivity contribution >= 4 is 11.6 Å². The molecule has 200 valence electrons. The number of hydrogen-bond donors (Lipinski definition) is 2. The van der Waals surface area contributed by atoms with E-state index in [4.69, 9.17) is 21.3 Å². The zero-order chi connectivity index (χ0) is 26.9. The largest absolute Gasteiger partial charge is 0.508 e. The van der Waals surface area contributed by atoms with Crippen molar-refractivity contribution in [1.82, 2.24) is 14.9 Å². The fourth-order valence-electron chi connectivity index (χ4n) is 4.79. The van der Waals surface area contributed by atoms with Crippen LogP contribution in [0, 0.1) is 0 Å². The molecular weight excluding hydrogens is 494 g/mol. The van der Waals surface area contributed by atoms with Crippen LogP contribution in [-0.4, -0.2) is 21.8 Å². The number of nitrogens with zero attached hydrogens (tertiary/aromatic N) is 2. The molecule has 1 unspecified atom stereocenters. The van der Waals surface area contributed by atoms with Gasteiger partial charge in [0.05, 0.1) is 24.5 Å². The van der Waals surface area contributed by atoms with Gasteiger partial charge in [0.1, 0.15) is 17.3 Å². The van der Waals surface area contributed by atoms with E-state index in [1.54, 1.807) is 19.2 Å². The highest BCUT2D eigenvalue weighted by atomic mass is 35.5. The summed E-state index contributed by atoms with van der Waals surface area (Å²) in [5, 5.41) is 14.2. The molecule has 0 amide bonds. The second kappa shape index (κ2) is 13.5. The number of phenolic OH excluding ortho intramolecular Hbond substituents is 1. The molecule has 2 N–H and O–H groups in total. The Morgan fingerprint density at radius 3 is 2.34 bits per heavy atom. The number of hydrogen-bond acceptors (Lipinski definition) is 4. The zero-order valence-corrected chi connectivity index (χ0v) is 23.3. The summed E-state index contributed by atoms with van der Waals surface area (Å²) in [6, 6.07) is 23.9. The summed E-state index contributed by atoms with van der Waals surface area (Å²) in [5.74, 6) is 1.99. The monoisotopic (exact) mass is 531 g/mol. The van der Waals surface area contributed by atoms with Crippen LogP contribution in [0.4, 0.5) is 0 Å². The number of nitrogens with one attached hydrogen (secondary N) is 1. The van der Waals surface area contributed by atoms with Gasteiger partial charge in [0.2, 0.25) is 0 Å². The maximum absolute atomic E-state index is 9.81. The van der Waals surface area contributed by atoms with Crippen LogP contribution >= 0.6 is 11.6 Å². The lowest BCUT2D eigenvalue weighted by molar-refractivity contribution is 0.415. The third-order valence-electron chi connectivity index (χ3n) is 6.89. The van der Waals surface area contributed by atoms with Crippen molar-refractivity contribution in [2.45, 2.75) is 65.1 Å². The van der Waals surface area contributed by atoms with Crippen molar-refractivity contribution < 1.29 is 9.84 Å².